The molecular weight excluding hydrogens is 495 g/mol. The zero-order valence-corrected chi connectivity index (χ0v) is 20.8. The molecule has 3 N–H and O–H groups in total. The monoisotopic (exact) mass is 518 g/mol. The molecule has 1 amide bonds. The van der Waals surface area contributed by atoms with Crippen molar-refractivity contribution in [2.75, 3.05) is 5.32 Å². The number of aromatic amines is 2. The van der Waals surface area contributed by atoms with Gasteiger partial charge in [0, 0.05) is 40.4 Å². The van der Waals surface area contributed by atoms with Gasteiger partial charge in [-0.3, -0.25) is 19.9 Å². The fourth-order valence-corrected chi connectivity index (χ4v) is 5.26. The van der Waals surface area contributed by atoms with Gasteiger partial charge >= 0.3 is 0 Å². The number of pyridine rings is 3. The summed E-state index contributed by atoms with van der Waals surface area (Å²) < 4.78 is 14.6. The Labute approximate surface area is 222 Å². The number of halogens is 1. The minimum atomic E-state index is -0.322. The molecule has 7 rings (SSSR count). The number of carbonyl (C=O) groups is 1. The van der Waals surface area contributed by atoms with E-state index < -0.39 is 0 Å². The van der Waals surface area contributed by atoms with Gasteiger partial charge in [-0.25, -0.2) is 14.4 Å². The molecule has 1 aliphatic rings. The molecule has 6 aromatic rings. The number of nitrogens with one attached hydrogen (secondary N) is 3. The van der Waals surface area contributed by atoms with Gasteiger partial charge in [0.1, 0.15) is 11.5 Å². The first kappa shape index (κ1) is 23.2. The largest absolute Gasteiger partial charge is 0.335 e. The molecule has 1 aromatic carbocycles. The minimum Gasteiger partial charge on any atom is -0.335 e. The highest BCUT2D eigenvalue weighted by atomic mass is 19.1. The molecule has 0 spiro atoms. The molecule has 1 fully saturated rings. The molecule has 0 unspecified atom stereocenters. The molecule has 0 saturated heterocycles. The van der Waals surface area contributed by atoms with Crippen molar-refractivity contribution in [3.05, 3.63) is 73.1 Å². The van der Waals surface area contributed by atoms with E-state index in [1.54, 1.807) is 49.1 Å². The Bertz CT molecular complexity index is 1850. The fraction of sp³-hybridized carbons (Fsp3) is 0.172. The van der Waals surface area contributed by atoms with Gasteiger partial charge in [-0.1, -0.05) is 31.0 Å². The van der Waals surface area contributed by atoms with Crippen molar-refractivity contribution >= 4 is 33.7 Å². The summed E-state index contributed by atoms with van der Waals surface area (Å²) in [6.07, 6.45) is 10.7. The van der Waals surface area contributed by atoms with Crippen molar-refractivity contribution < 1.29 is 9.18 Å². The zero-order chi connectivity index (χ0) is 26.3. The molecular formula is C29H23FN8O. The predicted molar refractivity (Wildman–Crippen MR) is 146 cm³/mol. The molecule has 0 radical (unpaired) electrons. The molecule has 39 heavy (non-hydrogen) atoms. The fourth-order valence-electron chi connectivity index (χ4n) is 5.26. The van der Waals surface area contributed by atoms with E-state index in [0.717, 1.165) is 42.1 Å². The van der Waals surface area contributed by atoms with Gasteiger partial charge in [-0.05, 0) is 37.1 Å². The van der Waals surface area contributed by atoms with Crippen LogP contribution in [0.15, 0.2) is 67.3 Å². The summed E-state index contributed by atoms with van der Waals surface area (Å²) in [5.41, 5.74) is 5.62. The van der Waals surface area contributed by atoms with E-state index in [-0.39, 0.29) is 17.6 Å². The zero-order valence-electron chi connectivity index (χ0n) is 20.8. The number of H-pyrrole nitrogens is 2. The minimum absolute atomic E-state index is 0.0419. The van der Waals surface area contributed by atoms with Crippen LogP contribution in [0.25, 0.3) is 56.0 Å². The Morgan fingerprint density at radius 2 is 1.87 bits per heavy atom. The average molecular weight is 519 g/mol. The van der Waals surface area contributed by atoms with E-state index >= 15 is 0 Å². The SMILES string of the molecule is O=C(Nc1cncc(-c2cc3c(-c4nc5nccc(-c6ccccc6F)c5[nH]4)n[nH]c3cn2)c1)C1CCCC1. The number of fused-ring (bicyclic) bond motifs is 2. The van der Waals surface area contributed by atoms with Gasteiger partial charge in [0.15, 0.2) is 11.5 Å². The van der Waals surface area contributed by atoms with Crippen molar-refractivity contribution in [2.24, 2.45) is 5.92 Å². The number of aromatic nitrogens is 7. The number of benzene rings is 1. The number of hydrogen-bond donors (Lipinski definition) is 3. The van der Waals surface area contributed by atoms with E-state index in [4.69, 9.17) is 0 Å². The van der Waals surface area contributed by atoms with Crippen LogP contribution in [0.2, 0.25) is 0 Å². The van der Waals surface area contributed by atoms with Crippen LogP contribution in [0.4, 0.5) is 10.1 Å². The van der Waals surface area contributed by atoms with E-state index in [0.29, 0.717) is 45.2 Å². The topological polar surface area (TPSA) is 125 Å². The lowest BCUT2D eigenvalue weighted by Gasteiger charge is -2.11. The summed E-state index contributed by atoms with van der Waals surface area (Å²) in [6, 6.07) is 12.2. The summed E-state index contributed by atoms with van der Waals surface area (Å²) in [6.45, 7) is 0. The van der Waals surface area contributed by atoms with Gasteiger partial charge in [-0.15, -0.1) is 0 Å². The maximum atomic E-state index is 14.6. The van der Waals surface area contributed by atoms with Crippen molar-refractivity contribution in [3.8, 4) is 33.9 Å². The molecule has 0 bridgehead atoms. The Morgan fingerprint density at radius 1 is 1.00 bits per heavy atom. The van der Waals surface area contributed by atoms with Gasteiger partial charge in [0.05, 0.1) is 34.8 Å². The van der Waals surface area contributed by atoms with Crippen LogP contribution in [0.5, 0.6) is 0 Å². The highest BCUT2D eigenvalue weighted by molar-refractivity contribution is 5.97. The number of anilines is 1. The molecule has 192 valence electrons. The molecule has 9 nitrogen and oxygen atoms in total. The summed E-state index contributed by atoms with van der Waals surface area (Å²) in [5, 5.41) is 11.3. The predicted octanol–water partition coefficient (Wildman–Crippen LogP) is 5.89. The maximum absolute atomic E-state index is 14.6. The third-order valence-corrected chi connectivity index (χ3v) is 7.26. The quantitative estimate of drug-likeness (QED) is 0.261. The standard InChI is InChI=1S/C29H23FN8O/c30-22-8-4-3-7-19(22)20-9-10-32-27-25(20)35-28(36-27)26-21-12-23(33-15-24(21)37-38-26)17-11-18(14-31-13-17)34-29(39)16-5-1-2-6-16/h3-4,7-16H,1-2,5-6H2,(H,34,39)(H,37,38)(H,32,35,36). The van der Waals surface area contributed by atoms with Crippen LogP contribution >= 0.6 is 0 Å². The third-order valence-electron chi connectivity index (χ3n) is 7.26. The van der Waals surface area contributed by atoms with Crippen molar-refractivity contribution in [1.82, 2.24) is 35.1 Å². The van der Waals surface area contributed by atoms with Gasteiger partial charge < -0.3 is 10.3 Å². The van der Waals surface area contributed by atoms with Crippen molar-refractivity contribution in [2.45, 2.75) is 25.7 Å². The van der Waals surface area contributed by atoms with Crippen LogP contribution in [-0.2, 0) is 4.79 Å². The smallest absolute Gasteiger partial charge is 0.227 e. The van der Waals surface area contributed by atoms with Crippen LogP contribution < -0.4 is 5.32 Å². The average Bonchev–Trinajstić information content (AvgIpc) is 3.73. The van der Waals surface area contributed by atoms with Gasteiger partial charge in [0.2, 0.25) is 5.91 Å². The van der Waals surface area contributed by atoms with Gasteiger partial charge in [-0.2, -0.15) is 5.10 Å². The van der Waals surface area contributed by atoms with Crippen molar-refractivity contribution in [1.29, 1.82) is 0 Å². The Kier molecular flexibility index (Phi) is 5.58. The molecule has 1 saturated carbocycles. The normalized spacial score (nSPS) is 13.9. The number of nitrogens with zero attached hydrogens (tertiary/aromatic N) is 5. The molecule has 0 atom stereocenters. The van der Waals surface area contributed by atoms with Crippen LogP contribution in [0.1, 0.15) is 25.7 Å². The second kappa shape index (κ2) is 9.39. The Morgan fingerprint density at radius 3 is 2.74 bits per heavy atom. The van der Waals surface area contributed by atoms with Crippen LogP contribution in [0, 0.1) is 11.7 Å². The first-order valence-electron chi connectivity index (χ1n) is 12.8. The second-order valence-electron chi connectivity index (χ2n) is 9.74. The Hall–Kier alpha value is -4.99. The molecule has 1 aliphatic carbocycles. The van der Waals surface area contributed by atoms with Crippen LogP contribution in [0.3, 0.4) is 0 Å². The highest BCUT2D eigenvalue weighted by Gasteiger charge is 2.23. The number of amides is 1. The molecule has 5 aromatic heterocycles. The summed E-state index contributed by atoms with van der Waals surface area (Å²) in [7, 11) is 0. The number of carbonyl (C=O) groups excluding carboxylic acids is 1. The first-order valence-corrected chi connectivity index (χ1v) is 12.8. The summed E-state index contributed by atoms with van der Waals surface area (Å²) in [5.74, 6) is 0.284. The van der Waals surface area contributed by atoms with Crippen LogP contribution in [-0.4, -0.2) is 41.0 Å². The summed E-state index contributed by atoms with van der Waals surface area (Å²) in [4.78, 5) is 33.8. The van der Waals surface area contributed by atoms with Crippen molar-refractivity contribution in [3.63, 3.8) is 0 Å². The van der Waals surface area contributed by atoms with Gasteiger partial charge in [0.25, 0.3) is 0 Å². The molecule has 10 heteroatoms. The molecule has 5 heterocycles. The van der Waals surface area contributed by atoms with E-state index in [2.05, 4.69) is 40.4 Å². The highest BCUT2D eigenvalue weighted by Crippen LogP contribution is 2.33. The van der Waals surface area contributed by atoms with E-state index in [9.17, 15) is 9.18 Å². The lowest BCUT2D eigenvalue weighted by Crippen LogP contribution is -2.20. The third kappa shape index (κ3) is 4.19. The lowest BCUT2D eigenvalue weighted by molar-refractivity contribution is -0.119. The molecule has 0 aliphatic heterocycles. The maximum Gasteiger partial charge on any atom is 0.227 e. The lowest BCUT2D eigenvalue weighted by atomic mass is 10.1. The number of hydrogen-bond acceptors (Lipinski definition) is 6. The number of imidazole rings is 1. The first-order chi connectivity index (χ1) is 19.1. The Balaban J connectivity index is 1.25. The van der Waals surface area contributed by atoms with E-state index in [1.807, 2.05) is 12.1 Å². The number of rotatable bonds is 5. The second-order valence-corrected chi connectivity index (χ2v) is 9.74. The van der Waals surface area contributed by atoms with E-state index in [1.165, 1.54) is 6.07 Å². The summed E-state index contributed by atoms with van der Waals surface area (Å²) >= 11 is 0.